The zero-order valence-corrected chi connectivity index (χ0v) is 17.2. The Morgan fingerprint density at radius 2 is 1.62 bits per heavy atom. The molecule has 0 spiro atoms. The highest BCUT2D eigenvalue weighted by Crippen LogP contribution is 2.69. The summed E-state index contributed by atoms with van der Waals surface area (Å²) in [6, 6.07) is 0. The van der Waals surface area contributed by atoms with Gasteiger partial charge >= 0.3 is 0 Å². The van der Waals surface area contributed by atoms with E-state index in [0.29, 0.717) is 29.6 Å². The molecule has 0 aromatic heterocycles. The summed E-state index contributed by atoms with van der Waals surface area (Å²) in [4.78, 5) is 12.3. The van der Waals surface area contributed by atoms with Gasteiger partial charge in [-0.15, -0.1) is 0 Å². The average Bonchev–Trinajstić information content (AvgIpc) is 2.92. The van der Waals surface area contributed by atoms with Crippen molar-refractivity contribution in [2.24, 2.45) is 40.4 Å². The second-order valence-electron chi connectivity index (χ2n) is 10.8. The molecule has 0 radical (unpaired) electrons. The number of fused-ring (bicyclic) bond motifs is 5. The monoisotopic (exact) mass is 362 g/mol. The van der Waals surface area contributed by atoms with Crippen molar-refractivity contribution in [1.29, 1.82) is 0 Å². The number of ketones is 1. The third-order valence-electron chi connectivity index (χ3n) is 9.68. The van der Waals surface area contributed by atoms with Crippen molar-refractivity contribution in [2.75, 3.05) is 13.7 Å². The molecule has 3 nitrogen and oxygen atoms in total. The first kappa shape index (κ1) is 18.9. The molecule has 26 heavy (non-hydrogen) atoms. The van der Waals surface area contributed by atoms with Crippen LogP contribution in [0.15, 0.2) is 0 Å². The van der Waals surface area contributed by atoms with Crippen LogP contribution in [0.2, 0.25) is 0 Å². The molecule has 4 fully saturated rings. The number of ether oxygens (including phenoxy) is 1. The van der Waals surface area contributed by atoms with Crippen LogP contribution < -0.4 is 0 Å². The smallest absolute Gasteiger partial charge is 0.133 e. The molecule has 4 rings (SSSR count). The number of methoxy groups -OCH3 is 1. The van der Waals surface area contributed by atoms with Gasteiger partial charge in [-0.1, -0.05) is 13.8 Å². The fourth-order valence-electron chi connectivity index (χ4n) is 8.48. The van der Waals surface area contributed by atoms with Gasteiger partial charge in [-0.3, -0.25) is 4.79 Å². The number of hydrogen-bond acceptors (Lipinski definition) is 3. The quantitative estimate of drug-likeness (QED) is 0.797. The first-order valence-electron chi connectivity index (χ1n) is 11.0. The first-order chi connectivity index (χ1) is 12.2. The van der Waals surface area contributed by atoms with Gasteiger partial charge in [-0.2, -0.15) is 0 Å². The number of Topliss-reactive ketones (excluding diaryl/α,β-unsaturated/α-hetero) is 1. The lowest BCUT2D eigenvalue weighted by atomic mass is 9.43. The molecule has 0 heterocycles. The van der Waals surface area contributed by atoms with Crippen molar-refractivity contribution in [3.05, 3.63) is 0 Å². The number of carbonyl (C=O) groups is 1. The second-order valence-corrected chi connectivity index (χ2v) is 10.8. The van der Waals surface area contributed by atoms with Crippen LogP contribution in [0.5, 0.6) is 0 Å². The van der Waals surface area contributed by atoms with Crippen molar-refractivity contribution in [2.45, 2.75) is 84.2 Å². The van der Waals surface area contributed by atoms with Gasteiger partial charge in [0.1, 0.15) is 5.78 Å². The molecule has 0 bridgehead atoms. The van der Waals surface area contributed by atoms with Crippen LogP contribution in [0.1, 0.15) is 78.6 Å². The Labute approximate surface area is 159 Å². The number of hydrogen-bond donors (Lipinski definition) is 1. The molecular formula is C23H38O3. The summed E-state index contributed by atoms with van der Waals surface area (Å²) < 4.78 is 5.32. The molecule has 0 saturated heterocycles. The maximum Gasteiger partial charge on any atom is 0.133 e. The Kier molecular flexibility index (Phi) is 4.59. The maximum absolute atomic E-state index is 12.3. The summed E-state index contributed by atoms with van der Waals surface area (Å²) in [6.07, 6.45) is 10.4. The van der Waals surface area contributed by atoms with Gasteiger partial charge in [0.05, 0.1) is 12.2 Å². The van der Waals surface area contributed by atoms with Crippen molar-refractivity contribution in [3.8, 4) is 0 Å². The highest BCUT2D eigenvalue weighted by Gasteiger charge is 2.62. The van der Waals surface area contributed by atoms with E-state index in [4.69, 9.17) is 4.74 Å². The van der Waals surface area contributed by atoms with Crippen LogP contribution in [0.3, 0.4) is 0 Å². The zero-order valence-electron chi connectivity index (χ0n) is 17.2. The minimum absolute atomic E-state index is 0.244. The second kappa shape index (κ2) is 6.30. The van der Waals surface area contributed by atoms with Gasteiger partial charge in [-0.25, -0.2) is 0 Å². The van der Waals surface area contributed by atoms with Crippen LogP contribution in [0.25, 0.3) is 0 Å². The minimum Gasteiger partial charge on any atom is -0.387 e. The van der Waals surface area contributed by atoms with Crippen molar-refractivity contribution >= 4 is 5.78 Å². The Morgan fingerprint density at radius 3 is 2.31 bits per heavy atom. The molecule has 4 aliphatic carbocycles. The summed E-state index contributed by atoms with van der Waals surface area (Å²) in [7, 11) is 1.70. The van der Waals surface area contributed by atoms with E-state index in [0.717, 1.165) is 43.4 Å². The molecule has 4 saturated carbocycles. The number of rotatable bonds is 3. The molecule has 3 heteroatoms. The Balaban J connectivity index is 1.57. The first-order valence-corrected chi connectivity index (χ1v) is 11.0. The lowest BCUT2D eigenvalue weighted by Crippen LogP contribution is -2.57. The molecule has 0 unspecified atom stereocenters. The van der Waals surface area contributed by atoms with E-state index >= 15 is 0 Å². The highest BCUT2D eigenvalue weighted by molar-refractivity contribution is 5.79. The van der Waals surface area contributed by atoms with Crippen LogP contribution in [-0.2, 0) is 9.53 Å². The molecule has 0 aliphatic heterocycles. The molecule has 0 amide bonds. The van der Waals surface area contributed by atoms with E-state index in [1.165, 1.54) is 32.1 Å². The Bertz CT molecular complexity index is 574. The average molecular weight is 363 g/mol. The summed E-state index contributed by atoms with van der Waals surface area (Å²) in [5.74, 6) is 3.64. The standard InChI is InChI=1S/C23H38O3/c1-15(24)17-7-8-20-19-6-5-16-13-23(25,14-26-4)10-9-18(16)22(19,3)12-11-21(17,20)2/h16-20,25H,5-14H2,1-4H3/t16-,17+,18-,19-,20-,21+,22+,23+/m0/s1. The van der Waals surface area contributed by atoms with Gasteiger partial charge in [0, 0.05) is 13.0 Å². The maximum atomic E-state index is 12.3. The van der Waals surface area contributed by atoms with Crippen LogP contribution in [0, 0.1) is 40.4 Å². The Morgan fingerprint density at radius 1 is 0.962 bits per heavy atom. The van der Waals surface area contributed by atoms with Gasteiger partial charge in [0.25, 0.3) is 0 Å². The van der Waals surface area contributed by atoms with E-state index < -0.39 is 5.60 Å². The summed E-state index contributed by atoms with van der Waals surface area (Å²) in [5.41, 5.74) is 0.0524. The molecule has 4 aliphatic rings. The summed E-state index contributed by atoms with van der Waals surface area (Å²) >= 11 is 0. The minimum atomic E-state index is -0.602. The van der Waals surface area contributed by atoms with Crippen molar-refractivity contribution < 1.29 is 14.6 Å². The van der Waals surface area contributed by atoms with Crippen molar-refractivity contribution in [3.63, 3.8) is 0 Å². The van der Waals surface area contributed by atoms with E-state index in [1.54, 1.807) is 7.11 Å². The normalized spacial score (nSPS) is 53.5. The lowest BCUT2D eigenvalue weighted by molar-refractivity contribution is -0.162. The zero-order chi connectivity index (χ0) is 18.7. The predicted molar refractivity (Wildman–Crippen MR) is 103 cm³/mol. The molecule has 0 aromatic rings. The van der Waals surface area contributed by atoms with Crippen LogP contribution in [0.4, 0.5) is 0 Å². The van der Waals surface area contributed by atoms with Crippen molar-refractivity contribution in [1.82, 2.24) is 0 Å². The molecule has 148 valence electrons. The predicted octanol–water partition coefficient (Wildman–Crippen LogP) is 4.61. The van der Waals surface area contributed by atoms with Crippen LogP contribution >= 0.6 is 0 Å². The largest absolute Gasteiger partial charge is 0.387 e. The SMILES string of the molecule is COC[C@@]1(O)CC[C@H]2[C@@H](CC[C@H]3[C@@H]4CC[C@H](C(C)=O)[C@@]4(C)CC[C@]23C)C1. The number of carbonyl (C=O) groups excluding carboxylic acids is 1. The van der Waals surface area contributed by atoms with Gasteiger partial charge in [0.2, 0.25) is 0 Å². The van der Waals surface area contributed by atoms with E-state index in [2.05, 4.69) is 13.8 Å². The molecule has 1 N–H and O–H groups in total. The molecule has 0 aromatic carbocycles. The lowest BCUT2D eigenvalue weighted by Gasteiger charge is -2.62. The van der Waals surface area contributed by atoms with Gasteiger partial charge in [-0.05, 0) is 99.2 Å². The molecular weight excluding hydrogens is 324 g/mol. The highest BCUT2D eigenvalue weighted by atomic mass is 16.5. The number of aliphatic hydroxyl groups is 1. The van der Waals surface area contributed by atoms with Crippen LogP contribution in [-0.4, -0.2) is 30.2 Å². The molecule has 8 atom stereocenters. The summed E-state index contributed by atoms with van der Waals surface area (Å²) in [6.45, 7) is 7.30. The van der Waals surface area contributed by atoms with Gasteiger partial charge in [0.15, 0.2) is 0 Å². The topological polar surface area (TPSA) is 46.5 Å². The fraction of sp³-hybridized carbons (Fsp3) is 0.957. The van der Waals surface area contributed by atoms with E-state index in [-0.39, 0.29) is 5.41 Å². The third-order valence-corrected chi connectivity index (χ3v) is 9.68. The van der Waals surface area contributed by atoms with E-state index in [1.807, 2.05) is 6.92 Å². The van der Waals surface area contributed by atoms with Gasteiger partial charge < -0.3 is 9.84 Å². The third kappa shape index (κ3) is 2.64. The summed E-state index contributed by atoms with van der Waals surface area (Å²) in [5, 5.41) is 10.9. The fourth-order valence-corrected chi connectivity index (χ4v) is 8.48. The Hall–Kier alpha value is -0.410. The van der Waals surface area contributed by atoms with E-state index in [9.17, 15) is 9.90 Å².